The van der Waals surface area contributed by atoms with Crippen molar-refractivity contribution in [1.82, 2.24) is 20.2 Å². The van der Waals surface area contributed by atoms with E-state index >= 15 is 0 Å². The second-order valence-corrected chi connectivity index (χ2v) is 10.4. The summed E-state index contributed by atoms with van der Waals surface area (Å²) in [7, 11) is -3.48. The number of ether oxygens (including phenoxy) is 1. The molecule has 1 aliphatic heterocycles. The Morgan fingerprint density at radius 1 is 1.24 bits per heavy atom. The van der Waals surface area contributed by atoms with Crippen LogP contribution in [0.5, 0.6) is 0 Å². The molecule has 11 heteroatoms. The number of aromatic nitrogens is 2. The number of rotatable bonds is 8. The molecule has 1 fully saturated rings. The highest BCUT2D eigenvalue weighted by molar-refractivity contribution is 7.90. The largest absolute Gasteiger partial charge is 0.447 e. The quantitative estimate of drug-likeness (QED) is 0.594. The Balaban J connectivity index is 1.48. The number of anilines is 2. The van der Waals surface area contributed by atoms with Crippen LogP contribution in [0.1, 0.15) is 32.4 Å². The third-order valence-corrected chi connectivity index (χ3v) is 6.41. The fraction of sp³-hybridized carbons (Fsp3) is 0.500. The standard InChI is InChI=1S/C22H30FN5O4S/c1-15(2)32-22(29)28-8-6-16(7-9-28)12-24-13-17-10-21(26-14-25-17)27-20-5-4-18(11-19(20)23)33(3,30)31/h4-5,10-11,14-16,24H,6-9,12-13H2,1-3H3,(H,25,26,27). The summed E-state index contributed by atoms with van der Waals surface area (Å²) >= 11 is 0. The minimum Gasteiger partial charge on any atom is -0.447 e. The average Bonchev–Trinajstić information content (AvgIpc) is 2.75. The van der Waals surface area contributed by atoms with Gasteiger partial charge in [-0.1, -0.05) is 0 Å². The van der Waals surface area contributed by atoms with E-state index in [4.69, 9.17) is 4.74 Å². The summed E-state index contributed by atoms with van der Waals surface area (Å²) in [5.74, 6) is 0.180. The highest BCUT2D eigenvalue weighted by Crippen LogP contribution is 2.22. The van der Waals surface area contributed by atoms with E-state index < -0.39 is 15.7 Å². The number of hydrogen-bond acceptors (Lipinski definition) is 8. The summed E-state index contributed by atoms with van der Waals surface area (Å²) in [5.41, 5.74) is 0.862. The van der Waals surface area contributed by atoms with Gasteiger partial charge in [0.1, 0.15) is 18.0 Å². The van der Waals surface area contributed by atoms with Gasteiger partial charge in [0, 0.05) is 32.0 Å². The topological polar surface area (TPSA) is 114 Å². The summed E-state index contributed by atoms with van der Waals surface area (Å²) in [4.78, 5) is 22.0. The van der Waals surface area contributed by atoms with Crippen LogP contribution in [0, 0.1) is 11.7 Å². The summed E-state index contributed by atoms with van der Waals surface area (Å²) in [6.07, 6.45) is 3.86. The first kappa shape index (κ1) is 24.8. The number of piperidine rings is 1. The van der Waals surface area contributed by atoms with Crippen LogP contribution in [-0.4, -0.2) is 61.4 Å². The van der Waals surface area contributed by atoms with Crippen molar-refractivity contribution in [3.05, 3.63) is 42.1 Å². The molecule has 2 heterocycles. The molecule has 0 aliphatic carbocycles. The van der Waals surface area contributed by atoms with E-state index in [2.05, 4.69) is 20.6 Å². The van der Waals surface area contributed by atoms with E-state index in [-0.39, 0.29) is 22.8 Å². The molecule has 1 saturated heterocycles. The average molecular weight is 480 g/mol. The first-order valence-corrected chi connectivity index (χ1v) is 12.7. The number of carbonyl (C=O) groups is 1. The molecule has 1 amide bonds. The predicted octanol–water partition coefficient (Wildman–Crippen LogP) is 3.11. The molecule has 3 rings (SSSR count). The molecule has 180 valence electrons. The number of carbonyl (C=O) groups excluding carboxylic acids is 1. The van der Waals surface area contributed by atoms with Crippen LogP contribution >= 0.6 is 0 Å². The lowest BCUT2D eigenvalue weighted by molar-refractivity contribution is 0.0653. The molecule has 0 saturated carbocycles. The second kappa shape index (κ2) is 10.9. The molecule has 0 unspecified atom stereocenters. The Hall–Kier alpha value is -2.79. The Morgan fingerprint density at radius 3 is 2.61 bits per heavy atom. The van der Waals surface area contributed by atoms with Crippen LogP contribution in [0.3, 0.4) is 0 Å². The maximum absolute atomic E-state index is 14.3. The van der Waals surface area contributed by atoms with Gasteiger partial charge < -0.3 is 20.3 Å². The molecule has 1 aromatic carbocycles. The van der Waals surface area contributed by atoms with Crippen molar-refractivity contribution in [2.75, 3.05) is 31.2 Å². The highest BCUT2D eigenvalue weighted by atomic mass is 32.2. The minimum absolute atomic E-state index is 0.0826. The molecule has 33 heavy (non-hydrogen) atoms. The molecular weight excluding hydrogens is 449 g/mol. The normalized spacial score (nSPS) is 15.0. The van der Waals surface area contributed by atoms with Crippen LogP contribution in [0.2, 0.25) is 0 Å². The van der Waals surface area contributed by atoms with Gasteiger partial charge in [-0.2, -0.15) is 0 Å². The molecule has 0 spiro atoms. The second-order valence-electron chi connectivity index (χ2n) is 8.43. The van der Waals surface area contributed by atoms with Gasteiger partial charge in [-0.25, -0.2) is 27.6 Å². The van der Waals surface area contributed by atoms with Crippen molar-refractivity contribution in [2.45, 2.75) is 44.2 Å². The Kier molecular flexibility index (Phi) is 8.20. The van der Waals surface area contributed by atoms with Crippen molar-refractivity contribution >= 4 is 27.4 Å². The van der Waals surface area contributed by atoms with Gasteiger partial charge in [-0.05, 0) is 57.4 Å². The van der Waals surface area contributed by atoms with Gasteiger partial charge in [0.15, 0.2) is 9.84 Å². The van der Waals surface area contributed by atoms with Crippen LogP contribution in [0.4, 0.5) is 20.7 Å². The molecular formula is C22H30FN5O4S. The SMILES string of the molecule is CC(C)OC(=O)N1CCC(CNCc2cc(Nc3ccc(S(C)(=O)=O)cc3F)ncn2)CC1. The van der Waals surface area contributed by atoms with Gasteiger partial charge in [0.2, 0.25) is 0 Å². The molecule has 9 nitrogen and oxygen atoms in total. The van der Waals surface area contributed by atoms with Crippen molar-refractivity contribution in [3.63, 3.8) is 0 Å². The lowest BCUT2D eigenvalue weighted by Gasteiger charge is -2.31. The van der Waals surface area contributed by atoms with E-state index in [1.807, 2.05) is 13.8 Å². The highest BCUT2D eigenvalue weighted by Gasteiger charge is 2.24. The fourth-order valence-electron chi connectivity index (χ4n) is 3.53. The summed E-state index contributed by atoms with van der Waals surface area (Å²) < 4.78 is 42.7. The van der Waals surface area contributed by atoms with Gasteiger partial charge in [-0.15, -0.1) is 0 Å². The van der Waals surface area contributed by atoms with E-state index in [0.717, 1.165) is 37.4 Å². The molecule has 2 aromatic rings. The van der Waals surface area contributed by atoms with Crippen LogP contribution in [0.25, 0.3) is 0 Å². The Morgan fingerprint density at radius 2 is 1.97 bits per heavy atom. The lowest BCUT2D eigenvalue weighted by Crippen LogP contribution is -2.41. The maximum atomic E-state index is 14.3. The fourth-order valence-corrected chi connectivity index (χ4v) is 4.16. The molecule has 0 atom stereocenters. The van der Waals surface area contributed by atoms with Crippen LogP contribution in [0.15, 0.2) is 35.5 Å². The van der Waals surface area contributed by atoms with Crippen LogP contribution in [-0.2, 0) is 21.1 Å². The zero-order chi connectivity index (χ0) is 24.0. The molecule has 1 aromatic heterocycles. The van der Waals surface area contributed by atoms with Crippen molar-refractivity contribution < 1.29 is 22.3 Å². The number of amides is 1. The van der Waals surface area contributed by atoms with Gasteiger partial charge >= 0.3 is 6.09 Å². The number of nitrogens with one attached hydrogen (secondary N) is 2. The van der Waals surface area contributed by atoms with E-state index in [1.54, 1.807) is 11.0 Å². The zero-order valence-corrected chi connectivity index (χ0v) is 19.9. The first-order chi connectivity index (χ1) is 15.6. The van der Waals surface area contributed by atoms with Crippen molar-refractivity contribution in [1.29, 1.82) is 0 Å². The summed E-state index contributed by atoms with van der Waals surface area (Å²) in [6, 6.07) is 5.41. The molecule has 0 bridgehead atoms. The maximum Gasteiger partial charge on any atom is 0.410 e. The third-order valence-electron chi connectivity index (χ3n) is 5.30. The number of nitrogens with zero attached hydrogens (tertiary/aromatic N) is 3. The Labute approximate surface area is 193 Å². The number of sulfone groups is 1. The molecule has 0 radical (unpaired) electrons. The monoisotopic (exact) mass is 479 g/mol. The predicted molar refractivity (Wildman–Crippen MR) is 122 cm³/mol. The number of hydrogen-bond donors (Lipinski definition) is 2. The van der Waals surface area contributed by atoms with E-state index in [0.29, 0.717) is 31.4 Å². The molecule has 1 aliphatic rings. The number of halogens is 1. The van der Waals surface area contributed by atoms with Crippen molar-refractivity contribution in [2.24, 2.45) is 5.92 Å². The van der Waals surface area contributed by atoms with Crippen molar-refractivity contribution in [3.8, 4) is 0 Å². The van der Waals surface area contributed by atoms with Crippen LogP contribution < -0.4 is 10.6 Å². The van der Waals surface area contributed by atoms with E-state index in [1.165, 1.54) is 18.5 Å². The molecule has 2 N–H and O–H groups in total. The summed E-state index contributed by atoms with van der Waals surface area (Å²) in [5, 5.41) is 6.24. The number of likely N-dealkylation sites (tertiary alicyclic amines) is 1. The summed E-state index contributed by atoms with van der Waals surface area (Å²) in [6.45, 7) is 6.36. The first-order valence-electron chi connectivity index (χ1n) is 10.9. The van der Waals surface area contributed by atoms with Gasteiger partial charge in [0.05, 0.1) is 22.4 Å². The van der Waals surface area contributed by atoms with E-state index in [9.17, 15) is 17.6 Å². The Bertz CT molecular complexity index is 1070. The van der Waals surface area contributed by atoms with Gasteiger partial charge in [-0.3, -0.25) is 0 Å². The number of benzene rings is 1. The zero-order valence-electron chi connectivity index (χ0n) is 19.0. The minimum atomic E-state index is -3.48. The van der Waals surface area contributed by atoms with Gasteiger partial charge in [0.25, 0.3) is 0 Å². The smallest absolute Gasteiger partial charge is 0.410 e. The lowest BCUT2D eigenvalue weighted by atomic mass is 9.97. The third kappa shape index (κ3) is 7.36.